The van der Waals surface area contributed by atoms with Gasteiger partial charge in [0.1, 0.15) is 0 Å². The van der Waals surface area contributed by atoms with E-state index in [1.807, 2.05) is 6.92 Å². The van der Waals surface area contributed by atoms with Crippen LogP contribution in [0.25, 0.3) is 0 Å². The average molecular weight is 129 g/mol. The second kappa shape index (κ2) is 5.32. The summed E-state index contributed by atoms with van der Waals surface area (Å²) in [5, 5.41) is 8.76. The van der Waals surface area contributed by atoms with Crippen molar-refractivity contribution in [2.24, 2.45) is 0 Å². The van der Waals surface area contributed by atoms with Gasteiger partial charge in [0.25, 0.3) is 0 Å². The molecule has 0 aliphatic carbocycles. The molecule has 0 aromatic heterocycles. The summed E-state index contributed by atoms with van der Waals surface area (Å²) >= 11 is 0. The first kappa shape index (κ1) is 8.18. The molecular formula is C6H13OSi. The van der Waals surface area contributed by atoms with Crippen LogP contribution in [0.3, 0.4) is 0 Å². The molecule has 0 aliphatic heterocycles. The van der Waals surface area contributed by atoms with Crippen molar-refractivity contribution in [2.75, 3.05) is 0 Å². The van der Waals surface area contributed by atoms with Gasteiger partial charge in [-0.15, -0.1) is 0 Å². The van der Waals surface area contributed by atoms with Gasteiger partial charge < -0.3 is 5.11 Å². The second-order valence-electron chi connectivity index (χ2n) is 2.09. The first-order valence-electron chi connectivity index (χ1n) is 3.10. The summed E-state index contributed by atoms with van der Waals surface area (Å²) in [6.45, 7) is 1.83. The van der Waals surface area contributed by atoms with E-state index in [9.17, 15) is 0 Å². The Morgan fingerprint density at radius 2 is 2.12 bits per heavy atom. The van der Waals surface area contributed by atoms with Crippen LogP contribution < -0.4 is 0 Å². The van der Waals surface area contributed by atoms with Gasteiger partial charge in [0.2, 0.25) is 0 Å². The molecule has 0 saturated heterocycles. The van der Waals surface area contributed by atoms with Crippen molar-refractivity contribution in [2.45, 2.75) is 38.3 Å². The molecule has 2 heteroatoms. The molecule has 0 aromatic carbocycles. The zero-order valence-electron chi connectivity index (χ0n) is 5.35. The van der Waals surface area contributed by atoms with Gasteiger partial charge in [0.15, 0.2) is 0 Å². The van der Waals surface area contributed by atoms with Gasteiger partial charge in [0.05, 0.1) is 6.10 Å². The zero-order chi connectivity index (χ0) is 6.41. The fourth-order valence-electron chi connectivity index (χ4n) is 0.565. The molecular weight excluding hydrogens is 116 g/mol. The van der Waals surface area contributed by atoms with Gasteiger partial charge in [-0.1, -0.05) is 18.9 Å². The van der Waals surface area contributed by atoms with Crippen molar-refractivity contribution in [3.63, 3.8) is 0 Å². The summed E-state index contributed by atoms with van der Waals surface area (Å²) in [5.41, 5.74) is 0. The fourth-order valence-corrected chi connectivity index (χ4v) is 0.815. The Morgan fingerprint density at radius 1 is 1.50 bits per heavy atom. The smallest absolute Gasteiger partial charge is 0.0512 e. The number of hydrogen-bond donors (Lipinski definition) is 1. The molecule has 1 atom stereocenters. The van der Waals surface area contributed by atoms with E-state index in [2.05, 4.69) is 10.2 Å². The molecule has 8 heavy (non-hydrogen) atoms. The normalized spacial score (nSPS) is 13.9. The molecule has 0 bridgehead atoms. The van der Waals surface area contributed by atoms with Crippen LogP contribution in [0, 0.1) is 0 Å². The molecule has 1 nitrogen and oxygen atoms in total. The second-order valence-corrected chi connectivity index (χ2v) is 2.59. The van der Waals surface area contributed by atoms with Crippen molar-refractivity contribution < 1.29 is 5.11 Å². The van der Waals surface area contributed by atoms with Crippen LogP contribution in [-0.2, 0) is 0 Å². The van der Waals surface area contributed by atoms with E-state index in [4.69, 9.17) is 5.11 Å². The van der Waals surface area contributed by atoms with Crippen molar-refractivity contribution >= 4 is 10.2 Å². The molecule has 1 unspecified atom stereocenters. The van der Waals surface area contributed by atoms with Gasteiger partial charge in [-0.3, -0.25) is 0 Å². The summed E-state index contributed by atoms with van der Waals surface area (Å²) in [4.78, 5) is 0. The molecule has 0 amide bonds. The van der Waals surface area contributed by atoms with Crippen LogP contribution in [0.5, 0.6) is 0 Å². The number of aliphatic hydroxyl groups is 1. The number of hydrogen-bond acceptors (Lipinski definition) is 1. The van der Waals surface area contributed by atoms with E-state index in [0.29, 0.717) is 0 Å². The predicted molar refractivity (Wildman–Crippen MR) is 36.1 cm³/mol. The lowest BCUT2D eigenvalue weighted by Gasteiger charge is -2.00. The molecule has 0 aromatic rings. The van der Waals surface area contributed by atoms with Crippen LogP contribution in [0.2, 0.25) is 6.04 Å². The Kier molecular flexibility index (Phi) is 5.43. The Bertz CT molecular complexity index is 45.8. The van der Waals surface area contributed by atoms with Crippen LogP contribution in [0.1, 0.15) is 26.2 Å². The van der Waals surface area contributed by atoms with Gasteiger partial charge >= 0.3 is 0 Å². The highest BCUT2D eigenvalue weighted by molar-refractivity contribution is 6.08. The Balaban J connectivity index is 2.72. The van der Waals surface area contributed by atoms with Gasteiger partial charge in [-0.05, 0) is 13.3 Å². The maximum Gasteiger partial charge on any atom is 0.0512 e. The number of rotatable bonds is 4. The molecule has 0 saturated carbocycles. The molecule has 0 spiro atoms. The van der Waals surface area contributed by atoms with E-state index in [1.165, 1.54) is 6.42 Å². The van der Waals surface area contributed by atoms with Gasteiger partial charge in [-0.2, -0.15) is 0 Å². The Hall–Kier alpha value is 0.177. The Labute approximate surface area is 54.5 Å². The molecule has 1 N–H and O–H groups in total. The largest absolute Gasteiger partial charge is 0.393 e. The highest BCUT2D eigenvalue weighted by atomic mass is 28.1. The highest BCUT2D eigenvalue weighted by Crippen LogP contribution is 2.00. The zero-order valence-corrected chi connectivity index (χ0v) is 6.35. The number of aliphatic hydroxyl groups excluding tert-OH is 1. The van der Waals surface area contributed by atoms with E-state index >= 15 is 0 Å². The highest BCUT2D eigenvalue weighted by Gasteiger charge is 1.92. The Morgan fingerprint density at radius 3 is 2.50 bits per heavy atom. The minimum atomic E-state index is -0.117. The SMILES string of the molecule is CC(O)CCCC[Si]. The van der Waals surface area contributed by atoms with Gasteiger partial charge in [0, 0.05) is 10.2 Å². The lowest BCUT2D eigenvalue weighted by Crippen LogP contribution is -1.97. The van der Waals surface area contributed by atoms with Crippen molar-refractivity contribution in [3.8, 4) is 0 Å². The monoisotopic (exact) mass is 129 g/mol. The first-order chi connectivity index (χ1) is 3.77. The summed E-state index contributed by atoms with van der Waals surface area (Å²) < 4.78 is 0. The summed E-state index contributed by atoms with van der Waals surface area (Å²) in [6, 6.07) is 1.05. The minimum absolute atomic E-state index is 0.117. The average Bonchev–Trinajstić information content (AvgIpc) is 1.66. The summed E-state index contributed by atoms with van der Waals surface area (Å²) in [5.74, 6) is 0. The standard InChI is InChI=1S/C6H13OSi/c1-6(7)4-2-3-5-8/h6-7H,2-5H2,1H3. The predicted octanol–water partition coefficient (Wildman–Crippen LogP) is 1.12. The fraction of sp³-hybridized carbons (Fsp3) is 1.00. The molecule has 3 radical (unpaired) electrons. The van der Waals surface area contributed by atoms with E-state index in [0.717, 1.165) is 18.9 Å². The molecule has 0 aliphatic rings. The van der Waals surface area contributed by atoms with E-state index in [1.54, 1.807) is 0 Å². The van der Waals surface area contributed by atoms with Crippen LogP contribution in [-0.4, -0.2) is 21.5 Å². The molecule has 47 valence electrons. The van der Waals surface area contributed by atoms with Gasteiger partial charge in [-0.25, -0.2) is 0 Å². The van der Waals surface area contributed by atoms with Crippen LogP contribution in [0.4, 0.5) is 0 Å². The topological polar surface area (TPSA) is 20.2 Å². The van der Waals surface area contributed by atoms with E-state index < -0.39 is 0 Å². The van der Waals surface area contributed by atoms with Crippen LogP contribution in [0.15, 0.2) is 0 Å². The summed E-state index contributed by atoms with van der Waals surface area (Å²) in [7, 11) is 3.36. The lowest BCUT2D eigenvalue weighted by molar-refractivity contribution is 0.181. The first-order valence-corrected chi connectivity index (χ1v) is 3.80. The molecule has 0 fully saturated rings. The molecule has 0 heterocycles. The van der Waals surface area contributed by atoms with Crippen LogP contribution >= 0.6 is 0 Å². The van der Waals surface area contributed by atoms with Crippen molar-refractivity contribution in [1.82, 2.24) is 0 Å². The summed E-state index contributed by atoms with van der Waals surface area (Å²) in [6.07, 6.45) is 3.11. The maximum absolute atomic E-state index is 8.76. The van der Waals surface area contributed by atoms with Crippen molar-refractivity contribution in [3.05, 3.63) is 0 Å². The van der Waals surface area contributed by atoms with Crippen molar-refractivity contribution in [1.29, 1.82) is 0 Å². The van der Waals surface area contributed by atoms with E-state index in [-0.39, 0.29) is 6.10 Å². The minimum Gasteiger partial charge on any atom is -0.393 e. The third kappa shape index (κ3) is 6.18. The molecule has 0 rings (SSSR count). The maximum atomic E-state index is 8.76. The third-order valence-corrected chi connectivity index (χ3v) is 1.40. The number of unbranched alkanes of at least 4 members (excludes halogenated alkanes) is 1. The lowest BCUT2D eigenvalue weighted by atomic mass is 10.2. The quantitative estimate of drug-likeness (QED) is 0.445. The third-order valence-electron chi connectivity index (χ3n) is 1.05.